The minimum atomic E-state index is 0.101. The van der Waals surface area contributed by atoms with Crippen LogP contribution in [0.4, 0.5) is 0 Å². The predicted molar refractivity (Wildman–Crippen MR) is 87.4 cm³/mol. The molecule has 2 aromatic heterocycles. The third-order valence-corrected chi connectivity index (χ3v) is 3.50. The van der Waals surface area contributed by atoms with Gasteiger partial charge in [0.1, 0.15) is 6.26 Å². The number of aliphatic hydroxyl groups excluding tert-OH is 1. The molecule has 0 aliphatic carbocycles. The number of oxazole rings is 1. The van der Waals surface area contributed by atoms with Crippen LogP contribution in [0.5, 0.6) is 0 Å². The molecule has 0 amide bonds. The molecule has 0 fully saturated rings. The summed E-state index contributed by atoms with van der Waals surface area (Å²) >= 11 is 0. The lowest BCUT2D eigenvalue weighted by Crippen LogP contribution is -2.26. The Bertz CT molecular complexity index is 713. The number of aromatic nitrogens is 2. The number of nitrogens with zero attached hydrogens (tertiary/aromatic N) is 3. The Labute approximate surface area is 135 Å². The van der Waals surface area contributed by atoms with Gasteiger partial charge in [0, 0.05) is 37.6 Å². The van der Waals surface area contributed by atoms with Crippen molar-refractivity contribution in [2.75, 3.05) is 13.2 Å². The van der Waals surface area contributed by atoms with Gasteiger partial charge in [-0.3, -0.25) is 9.88 Å². The van der Waals surface area contributed by atoms with Crippen molar-refractivity contribution < 1.29 is 9.52 Å². The van der Waals surface area contributed by atoms with E-state index in [2.05, 4.69) is 14.9 Å². The van der Waals surface area contributed by atoms with Crippen LogP contribution in [0.3, 0.4) is 0 Å². The standard InChI is InChI=1S/C18H19N3O2/c22-10-9-21(12-15-5-4-8-19-11-15)13-17-14-23-18(20-17)16-6-2-1-3-7-16/h1-8,11,14,22H,9-10,12-13H2. The van der Waals surface area contributed by atoms with Gasteiger partial charge in [-0.15, -0.1) is 0 Å². The molecule has 23 heavy (non-hydrogen) atoms. The quantitative estimate of drug-likeness (QED) is 0.727. The van der Waals surface area contributed by atoms with Crippen molar-refractivity contribution in [1.82, 2.24) is 14.9 Å². The van der Waals surface area contributed by atoms with Gasteiger partial charge in [-0.2, -0.15) is 0 Å². The van der Waals surface area contributed by atoms with Crippen LogP contribution < -0.4 is 0 Å². The zero-order chi connectivity index (χ0) is 15.9. The second kappa shape index (κ2) is 7.67. The third kappa shape index (κ3) is 4.25. The molecule has 0 bridgehead atoms. The van der Waals surface area contributed by atoms with E-state index in [1.165, 1.54) is 0 Å². The lowest BCUT2D eigenvalue weighted by Gasteiger charge is -2.19. The summed E-state index contributed by atoms with van der Waals surface area (Å²) in [5.74, 6) is 0.617. The van der Waals surface area contributed by atoms with Crippen LogP contribution in [0, 0.1) is 0 Å². The van der Waals surface area contributed by atoms with Crippen molar-refractivity contribution in [2.24, 2.45) is 0 Å². The van der Waals surface area contributed by atoms with Crippen molar-refractivity contribution in [2.45, 2.75) is 13.1 Å². The Balaban J connectivity index is 1.69. The van der Waals surface area contributed by atoms with Gasteiger partial charge in [-0.25, -0.2) is 4.98 Å². The minimum absolute atomic E-state index is 0.101. The number of pyridine rings is 1. The minimum Gasteiger partial charge on any atom is -0.444 e. The van der Waals surface area contributed by atoms with Gasteiger partial charge in [0.25, 0.3) is 0 Å². The van der Waals surface area contributed by atoms with E-state index < -0.39 is 0 Å². The van der Waals surface area contributed by atoms with E-state index in [0.29, 0.717) is 25.5 Å². The average molecular weight is 309 g/mol. The molecule has 0 aliphatic heterocycles. The van der Waals surface area contributed by atoms with Gasteiger partial charge in [0.15, 0.2) is 0 Å². The van der Waals surface area contributed by atoms with E-state index >= 15 is 0 Å². The van der Waals surface area contributed by atoms with E-state index in [4.69, 9.17) is 4.42 Å². The Hall–Kier alpha value is -2.50. The fraction of sp³-hybridized carbons (Fsp3) is 0.222. The molecule has 0 unspecified atom stereocenters. The number of aliphatic hydroxyl groups is 1. The molecular formula is C18H19N3O2. The fourth-order valence-corrected chi connectivity index (χ4v) is 2.43. The van der Waals surface area contributed by atoms with Crippen LogP contribution in [0.25, 0.3) is 11.5 Å². The molecule has 0 spiro atoms. The highest BCUT2D eigenvalue weighted by Crippen LogP contribution is 2.19. The van der Waals surface area contributed by atoms with Gasteiger partial charge in [-0.1, -0.05) is 24.3 Å². The van der Waals surface area contributed by atoms with Crippen LogP contribution in [-0.2, 0) is 13.1 Å². The summed E-state index contributed by atoms with van der Waals surface area (Å²) in [6.45, 7) is 2.00. The first kappa shape index (κ1) is 15.4. The summed E-state index contributed by atoms with van der Waals surface area (Å²) in [5, 5.41) is 9.27. The molecule has 0 saturated heterocycles. The first-order chi connectivity index (χ1) is 11.3. The molecular weight excluding hydrogens is 290 g/mol. The molecule has 3 aromatic rings. The molecule has 3 rings (SSSR count). The maximum absolute atomic E-state index is 9.27. The molecule has 0 atom stereocenters. The van der Waals surface area contributed by atoms with Gasteiger partial charge in [0.05, 0.1) is 12.3 Å². The number of hydrogen-bond donors (Lipinski definition) is 1. The van der Waals surface area contributed by atoms with E-state index in [0.717, 1.165) is 16.8 Å². The lowest BCUT2D eigenvalue weighted by atomic mass is 10.2. The normalized spacial score (nSPS) is 11.0. The molecule has 1 aromatic carbocycles. The summed E-state index contributed by atoms with van der Waals surface area (Å²) in [6.07, 6.45) is 5.27. The number of rotatable bonds is 7. The molecule has 5 heteroatoms. The second-order valence-electron chi connectivity index (χ2n) is 5.31. The molecule has 1 N–H and O–H groups in total. The number of hydrogen-bond acceptors (Lipinski definition) is 5. The third-order valence-electron chi connectivity index (χ3n) is 3.50. The van der Waals surface area contributed by atoms with Crippen LogP contribution in [0.1, 0.15) is 11.3 Å². The van der Waals surface area contributed by atoms with E-state index in [1.807, 2.05) is 48.7 Å². The Morgan fingerprint density at radius 1 is 1.04 bits per heavy atom. The molecule has 0 aliphatic rings. The predicted octanol–water partition coefficient (Wildman–Crippen LogP) is 2.73. The summed E-state index contributed by atoms with van der Waals surface area (Å²) < 4.78 is 5.57. The Morgan fingerprint density at radius 2 is 1.91 bits per heavy atom. The summed E-state index contributed by atoms with van der Waals surface area (Å²) in [5.41, 5.74) is 2.91. The van der Waals surface area contributed by atoms with Gasteiger partial charge < -0.3 is 9.52 Å². The van der Waals surface area contributed by atoms with Crippen LogP contribution >= 0.6 is 0 Å². The molecule has 0 radical (unpaired) electrons. The topological polar surface area (TPSA) is 62.4 Å². The first-order valence-electron chi connectivity index (χ1n) is 7.57. The highest BCUT2D eigenvalue weighted by molar-refractivity contribution is 5.52. The zero-order valence-electron chi connectivity index (χ0n) is 12.8. The van der Waals surface area contributed by atoms with E-state index in [9.17, 15) is 5.11 Å². The van der Waals surface area contributed by atoms with Gasteiger partial charge >= 0.3 is 0 Å². The lowest BCUT2D eigenvalue weighted by molar-refractivity contribution is 0.182. The van der Waals surface area contributed by atoms with E-state index in [-0.39, 0.29) is 6.61 Å². The maximum atomic E-state index is 9.27. The van der Waals surface area contributed by atoms with Crippen molar-refractivity contribution in [3.8, 4) is 11.5 Å². The summed E-state index contributed by atoms with van der Waals surface area (Å²) in [7, 11) is 0. The van der Waals surface area contributed by atoms with Crippen molar-refractivity contribution in [1.29, 1.82) is 0 Å². The first-order valence-corrected chi connectivity index (χ1v) is 7.57. The fourth-order valence-electron chi connectivity index (χ4n) is 2.43. The van der Waals surface area contributed by atoms with Gasteiger partial charge in [-0.05, 0) is 23.8 Å². The van der Waals surface area contributed by atoms with Crippen molar-refractivity contribution in [3.63, 3.8) is 0 Å². The SMILES string of the molecule is OCCN(Cc1cccnc1)Cc1coc(-c2ccccc2)n1. The second-order valence-corrected chi connectivity index (χ2v) is 5.31. The maximum Gasteiger partial charge on any atom is 0.226 e. The van der Waals surface area contributed by atoms with Crippen molar-refractivity contribution in [3.05, 3.63) is 72.4 Å². The van der Waals surface area contributed by atoms with Crippen LogP contribution in [0.2, 0.25) is 0 Å². The molecule has 118 valence electrons. The Morgan fingerprint density at radius 3 is 2.65 bits per heavy atom. The molecule has 5 nitrogen and oxygen atoms in total. The molecule has 2 heterocycles. The zero-order valence-corrected chi connectivity index (χ0v) is 12.8. The molecule has 0 saturated carbocycles. The van der Waals surface area contributed by atoms with E-state index in [1.54, 1.807) is 12.5 Å². The van der Waals surface area contributed by atoms with Gasteiger partial charge in [0.2, 0.25) is 5.89 Å². The Kier molecular flexibility index (Phi) is 5.13. The monoisotopic (exact) mass is 309 g/mol. The van der Waals surface area contributed by atoms with Crippen LogP contribution in [0.15, 0.2) is 65.5 Å². The smallest absolute Gasteiger partial charge is 0.226 e. The summed E-state index contributed by atoms with van der Waals surface area (Å²) in [6, 6.07) is 13.8. The number of benzene rings is 1. The highest BCUT2D eigenvalue weighted by atomic mass is 16.3. The highest BCUT2D eigenvalue weighted by Gasteiger charge is 2.11. The largest absolute Gasteiger partial charge is 0.444 e. The average Bonchev–Trinajstić information content (AvgIpc) is 3.05. The van der Waals surface area contributed by atoms with Crippen LogP contribution in [-0.4, -0.2) is 33.1 Å². The summed E-state index contributed by atoms with van der Waals surface area (Å²) in [4.78, 5) is 10.8. The van der Waals surface area contributed by atoms with Crippen molar-refractivity contribution >= 4 is 0 Å².